The van der Waals surface area contributed by atoms with Crippen LogP contribution < -0.4 is 5.32 Å². The summed E-state index contributed by atoms with van der Waals surface area (Å²) in [5.41, 5.74) is 2.60. The van der Waals surface area contributed by atoms with Gasteiger partial charge >= 0.3 is 11.9 Å². The number of dihydropyridines is 1. The second-order valence-electron chi connectivity index (χ2n) is 9.61. The van der Waals surface area contributed by atoms with Crippen molar-refractivity contribution in [2.75, 3.05) is 7.11 Å². The van der Waals surface area contributed by atoms with Crippen LogP contribution in [0.2, 0.25) is 0 Å². The number of hydrogen-bond acceptors (Lipinski definition) is 6. The molecule has 0 radical (unpaired) electrons. The number of methoxy groups -OCH3 is 1. The third-order valence-electron chi connectivity index (χ3n) is 7.24. The summed E-state index contributed by atoms with van der Waals surface area (Å²) >= 11 is 0. The molecule has 2 aliphatic carbocycles. The predicted molar refractivity (Wildman–Crippen MR) is 124 cm³/mol. The Morgan fingerprint density at radius 1 is 1.06 bits per heavy atom. The molecule has 1 aromatic carbocycles. The molecular weight excluding hydrogens is 437 g/mol. The number of Topliss-reactive ketones (excluding diaryl/α,β-unsaturated/α-hetero) is 1. The highest BCUT2D eigenvalue weighted by Gasteiger charge is 2.47. The molecule has 3 aliphatic rings. The Bertz CT molecular complexity index is 1030. The van der Waals surface area contributed by atoms with Gasteiger partial charge in [-0.05, 0) is 62.6 Å². The molecule has 0 bridgehead atoms. The summed E-state index contributed by atoms with van der Waals surface area (Å²) < 4.78 is 24.6. The van der Waals surface area contributed by atoms with Gasteiger partial charge in [-0.2, -0.15) is 0 Å². The maximum absolute atomic E-state index is 13.8. The number of ether oxygens (including phenoxy) is 2. The van der Waals surface area contributed by atoms with Gasteiger partial charge < -0.3 is 14.8 Å². The minimum absolute atomic E-state index is 0.163. The fraction of sp³-hybridized carbons (Fsp3) is 0.519. The molecule has 1 saturated carbocycles. The molecule has 7 heteroatoms. The summed E-state index contributed by atoms with van der Waals surface area (Å²) in [6.07, 6.45) is 6.24. The number of ketones is 1. The van der Waals surface area contributed by atoms with E-state index in [1.807, 2.05) is 6.92 Å². The fourth-order valence-electron chi connectivity index (χ4n) is 5.51. The van der Waals surface area contributed by atoms with Crippen LogP contribution in [-0.4, -0.2) is 30.9 Å². The van der Waals surface area contributed by atoms with Gasteiger partial charge in [-0.15, -0.1) is 0 Å². The number of esters is 2. The Morgan fingerprint density at radius 3 is 2.32 bits per heavy atom. The fourth-order valence-corrected chi connectivity index (χ4v) is 5.51. The molecule has 182 valence electrons. The van der Waals surface area contributed by atoms with Crippen LogP contribution in [0.1, 0.15) is 70.3 Å². The van der Waals surface area contributed by atoms with Crippen LogP contribution in [0.25, 0.3) is 0 Å². The molecule has 0 amide bonds. The lowest BCUT2D eigenvalue weighted by molar-refractivity contribution is -0.151. The number of allylic oxidation sites excluding steroid dienone is 3. The minimum Gasteiger partial charge on any atom is -0.468 e. The van der Waals surface area contributed by atoms with E-state index in [0.717, 1.165) is 38.5 Å². The third-order valence-corrected chi connectivity index (χ3v) is 7.24. The molecule has 1 fully saturated rings. The van der Waals surface area contributed by atoms with E-state index in [-0.39, 0.29) is 17.8 Å². The van der Waals surface area contributed by atoms with Crippen molar-refractivity contribution in [3.8, 4) is 0 Å². The van der Waals surface area contributed by atoms with Gasteiger partial charge in [0.15, 0.2) is 5.78 Å². The third kappa shape index (κ3) is 4.65. The normalized spacial score (nSPS) is 25.9. The van der Waals surface area contributed by atoms with E-state index in [2.05, 4.69) is 5.32 Å². The Kier molecular flexibility index (Phi) is 7.19. The average Bonchev–Trinajstić information content (AvgIpc) is 3.07. The summed E-state index contributed by atoms with van der Waals surface area (Å²) in [7, 11) is 1.27. The summed E-state index contributed by atoms with van der Waals surface area (Å²) in [5.74, 6) is -3.80. The summed E-state index contributed by atoms with van der Waals surface area (Å²) in [4.78, 5) is 39.7. The molecule has 3 atom stereocenters. The molecule has 6 nitrogen and oxygen atoms in total. The number of carbonyl (C=O) groups is 3. The van der Waals surface area contributed by atoms with Crippen LogP contribution in [-0.2, 0) is 23.9 Å². The quantitative estimate of drug-likeness (QED) is 0.391. The molecular formula is C27H32FNO5. The molecule has 1 aliphatic heterocycles. The highest BCUT2D eigenvalue weighted by atomic mass is 19.1. The number of rotatable bonds is 4. The lowest BCUT2D eigenvalue weighted by atomic mass is 9.69. The van der Waals surface area contributed by atoms with Crippen LogP contribution in [0.3, 0.4) is 0 Å². The van der Waals surface area contributed by atoms with Gasteiger partial charge in [0.2, 0.25) is 0 Å². The van der Waals surface area contributed by atoms with Crippen molar-refractivity contribution >= 4 is 17.7 Å². The second-order valence-corrected chi connectivity index (χ2v) is 9.61. The minimum atomic E-state index is -0.953. The Morgan fingerprint density at radius 2 is 1.71 bits per heavy atom. The molecule has 4 rings (SSSR count). The Hall–Kier alpha value is -2.96. The van der Waals surface area contributed by atoms with E-state index in [1.165, 1.54) is 19.2 Å². The van der Waals surface area contributed by atoms with Crippen LogP contribution in [0.4, 0.5) is 4.39 Å². The van der Waals surface area contributed by atoms with Gasteiger partial charge in [0.25, 0.3) is 0 Å². The zero-order valence-electron chi connectivity index (χ0n) is 20.0. The van der Waals surface area contributed by atoms with Crippen molar-refractivity contribution in [1.82, 2.24) is 5.32 Å². The first kappa shape index (κ1) is 24.2. The molecule has 0 aromatic heterocycles. The predicted octanol–water partition coefficient (Wildman–Crippen LogP) is 4.70. The highest BCUT2D eigenvalue weighted by Crippen LogP contribution is 2.45. The molecule has 3 unspecified atom stereocenters. The van der Waals surface area contributed by atoms with Gasteiger partial charge in [-0.25, -0.2) is 9.18 Å². The first-order chi connectivity index (χ1) is 16.3. The van der Waals surface area contributed by atoms with Crippen molar-refractivity contribution in [2.24, 2.45) is 11.8 Å². The van der Waals surface area contributed by atoms with Crippen LogP contribution in [0.15, 0.2) is 46.8 Å². The maximum atomic E-state index is 13.8. The van der Waals surface area contributed by atoms with Gasteiger partial charge in [0.1, 0.15) is 17.8 Å². The van der Waals surface area contributed by atoms with Gasteiger partial charge in [0.05, 0.1) is 12.7 Å². The lowest BCUT2D eigenvalue weighted by Crippen LogP contribution is -2.43. The van der Waals surface area contributed by atoms with Gasteiger partial charge in [0, 0.05) is 22.9 Å². The Labute approximate surface area is 199 Å². The number of halogens is 1. The standard InChI is InChI=1S/C27H32FNO5/c1-15-14-20-24(25(30)21(15)26(31)33-3)23(17-10-12-18(28)13-11-17)22(16(2)29-20)27(32)34-19-8-6-4-5-7-9-19/h10-13,15,19,21,23,29H,4-9,14H2,1-3H3. The monoisotopic (exact) mass is 469 g/mol. The van der Waals surface area contributed by atoms with E-state index in [4.69, 9.17) is 9.47 Å². The molecule has 0 saturated heterocycles. The van der Waals surface area contributed by atoms with Crippen molar-refractivity contribution in [3.63, 3.8) is 0 Å². The zero-order chi connectivity index (χ0) is 24.4. The van der Waals surface area contributed by atoms with Crippen LogP contribution in [0.5, 0.6) is 0 Å². The van der Waals surface area contributed by atoms with Crippen LogP contribution >= 0.6 is 0 Å². The second kappa shape index (κ2) is 10.1. The Balaban J connectivity index is 1.76. The topological polar surface area (TPSA) is 81.7 Å². The average molecular weight is 470 g/mol. The lowest BCUT2D eigenvalue weighted by Gasteiger charge is -2.38. The van der Waals surface area contributed by atoms with E-state index >= 15 is 0 Å². The summed E-state index contributed by atoms with van der Waals surface area (Å²) in [6, 6.07) is 5.80. The van der Waals surface area contributed by atoms with E-state index in [1.54, 1.807) is 19.1 Å². The first-order valence-electron chi connectivity index (χ1n) is 12.1. The molecule has 1 heterocycles. The van der Waals surface area contributed by atoms with E-state index in [9.17, 15) is 18.8 Å². The number of hydrogen-bond donors (Lipinski definition) is 1. The van der Waals surface area contributed by atoms with E-state index < -0.39 is 29.6 Å². The SMILES string of the molecule is COC(=O)C1C(=O)C2=C(CC1C)NC(C)=C(C(=O)OC1CCCCCC1)C2c1ccc(F)cc1. The molecule has 1 aromatic rings. The van der Waals surface area contributed by atoms with Crippen molar-refractivity contribution in [2.45, 2.75) is 70.8 Å². The molecule has 34 heavy (non-hydrogen) atoms. The molecule has 1 N–H and O–H groups in total. The van der Waals surface area contributed by atoms with Crippen LogP contribution in [0, 0.1) is 17.7 Å². The smallest absolute Gasteiger partial charge is 0.337 e. The van der Waals surface area contributed by atoms with E-state index in [0.29, 0.717) is 34.5 Å². The largest absolute Gasteiger partial charge is 0.468 e. The highest BCUT2D eigenvalue weighted by molar-refractivity contribution is 6.12. The first-order valence-corrected chi connectivity index (χ1v) is 12.1. The van der Waals surface area contributed by atoms with Gasteiger partial charge in [-0.1, -0.05) is 31.9 Å². The number of carbonyl (C=O) groups excluding carboxylic acids is 3. The summed E-state index contributed by atoms with van der Waals surface area (Å²) in [6.45, 7) is 3.64. The van der Waals surface area contributed by atoms with Crippen molar-refractivity contribution in [1.29, 1.82) is 0 Å². The number of nitrogens with one attached hydrogen (secondary N) is 1. The van der Waals surface area contributed by atoms with Crippen molar-refractivity contribution < 1.29 is 28.2 Å². The number of benzene rings is 1. The summed E-state index contributed by atoms with van der Waals surface area (Å²) in [5, 5.41) is 3.26. The zero-order valence-corrected chi connectivity index (χ0v) is 20.0. The van der Waals surface area contributed by atoms with Crippen molar-refractivity contribution in [3.05, 3.63) is 58.2 Å². The molecule has 0 spiro atoms. The maximum Gasteiger partial charge on any atom is 0.337 e. The van der Waals surface area contributed by atoms with Gasteiger partial charge in [-0.3, -0.25) is 9.59 Å².